The molecule has 0 saturated heterocycles. The van der Waals surface area contributed by atoms with E-state index in [1.54, 1.807) is 0 Å². The lowest BCUT2D eigenvalue weighted by atomic mass is 9.86. The molecule has 0 bridgehead atoms. The maximum Gasteiger partial charge on any atom is 0.387 e. The Labute approximate surface area is 178 Å². The highest BCUT2D eigenvalue weighted by Gasteiger charge is 2.14. The molecular weight excluding hydrogens is 409 g/mol. The average molecular weight is 432 g/mol. The van der Waals surface area contributed by atoms with Gasteiger partial charge in [0.2, 0.25) is 5.91 Å². The van der Waals surface area contributed by atoms with Crippen molar-refractivity contribution in [2.45, 2.75) is 45.8 Å². The van der Waals surface area contributed by atoms with Crippen molar-refractivity contribution in [3.63, 3.8) is 0 Å². The van der Waals surface area contributed by atoms with Crippen molar-refractivity contribution in [3.05, 3.63) is 71.2 Å². The molecule has 1 aromatic heterocycles. The quantitative estimate of drug-likeness (QED) is 0.595. The second-order valence-corrected chi connectivity index (χ2v) is 8.08. The van der Waals surface area contributed by atoms with Crippen molar-refractivity contribution in [1.29, 1.82) is 0 Å². The molecule has 0 atom stereocenters. The molecule has 0 saturated carbocycles. The van der Waals surface area contributed by atoms with Crippen LogP contribution in [0.1, 0.15) is 37.5 Å². The highest BCUT2D eigenvalue weighted by molar-refractivity contribution is 5.91. The van der Waals surface area contributed by atoms with Crippen LogP contribution >= 0.6 is 0 Å². The molecule has 0 radical (unpaired) electrons. The lowest BCUT2D eigenvalue weighted by molar-refractivity contribution is -0.115. The van der Waals surface area contributed by atoms with Crippen LogP contribution in [0.2, 0.25) is 0 Å². The maximum absolute atomic E-state index is 13.8. The van der Waals surface area contributed by atoms with E-state index in [2.05, 4.69) is 41.0 Å². The number of aromatic nitrogens is 3. The van der Waals surface area contributed by atoms with Crippen molar-refractivity contribution >= 4 is 11.7 Å². The highest BCUT2D eigenvalue weighted by atomic mass is 19.3. The Morgan fingerprint density at radius 1 is 1.13 bits per heavy atom. The summed E-state index contributed by atoms with van der Waals surface area (Å²) >= 11 is 0. The molecule has 164 valence electrons. The molecule has 6 nitrogen and oxygen atoms in total. The number of amides is 1. The number of carbonyl (C=O) groups excluding carboxylic acids is 1. The number of anilines is 1. The first-order chi connectivity index (χ1) is 14.6. The van der Waals surface area contributed by atoms with Gasteiger partial charge in [-0.1, -0.05) is 51.1 Å². The first kappa shape index (κ1) is 22.3. The van der Waals surface area contributed by atoms with Crippen LogP contribution in [0.4, 0.5) is 19.0 Å². The lowest BCUT2D eigenvalue weighted by Gasteiger charge is -2.19. The molecule has 0 fully saturated rings. The molecule has 3 rings (SSSR count). The number of rotatable bonds is 7. The first-order valence-corrected chi connectivity index (χ1v) is 9.63. The third kappa shape index (κ3) is 6.31. The van der Waals surface area contributed by atoms with E-state index in [9.17, 15) is 18.0 Å². The van der Waals surface area contributed by atoms with Crippen LogP contribution in [0.3, 0.4) is 0 Å². The fraction of sp³-hybridized carbons (Fsp3) is 0.318. The number of carbonyl (C=O) groups is 1. The Kier molecular flexibility index (Phi) is 6.62. The minimum absolute atomic E-state index is 0.0401. The Bertz CT molecular complexity index is 1040. The summed E-state index contributed by atoms with van der Waals surface area (Å²) in [6, 6.07) is 11.5. The second kappa shape index (κ2) is 9.20. The van der Waals surface area contributed by atoms with Crippen LogP contribution in [-0.4, -0.2) is 27.5 Å². The van der Waals surface area contributed by atoms with Gasteiger partial charge in [-0.05, 0) is 34.2 Å². The van der Waals surface area contributed by atoms with E-state index in [0.29, 0.717) is 5.56 Å². The van der Waals surface area contributed by atoms with Gasteiger partial charge >= 0.3 is 6.61 Å². The monoisotopic (exact) mass is 432 g/mol. The molecule has 1 N–H and O–H groups in total. The van der Waals surface area contributed by atoms with E-state index in [4.69, 9.17) is 0 Å². The zero-order valence-corrected chi connectivity index (χ0v) is 17.4. The molecule has 1 amide bonds. The van der Waals surface area contributed by atoms with Gasteiger partial charge in [-0.2, -0.15) is 18.7 Å². The van der Waals surface area contributed by atoms with Crippen LogP contribution in [0.5, 0.6) is 5.75 Å². The molecule has 1 heterocycles. The van der Waals surface area contributed by atoms with Gasteiger partial charge in [-0.15, -0.1) is 5.10 Å². The Morgan fingerprint density at radius 2 is 1.81 bits per heavy atom. The lowest BCUT2D eigenvalue weighted by Crippen LogP contribution is -2.16. The first-order valence-electron chi connectivity index (χ1n) is 9.63. The third-order valence-electron chi connectivity index (χ3n) is 4.52. The number of benzene rings is 2. The summed E-state index contributed by atoms with van der Waals surface area (Å²) < 4.78 is 42.3. The predicted octanol–water partition coefficient (Wildman–Crippen LogP) is 4.55. The van der Waals surface area contributed by atoms with E-state index in [1.165, 1.54) is 22.6 Å². The smallest absolute Gasteiger partial charge is 0.387 e. The van der Waals surface area contributed by atoms with E-state index in [0.717, 1.165) is 17.7 Å². The Morgan fingerprint density at radius 3 is 2.42 bits per heavy atom. The van der Waals surface area contributed by atoms with Crippen molar-refractivity contribution < 1.29 is 22.7 Å². The van der Waals surface area contributed by atoms with Crippen LogP contribution in [0.25, 0.3) is 0 Å². The summed E-state index contributed by atoms with van der Waals surface area (Å²) in [4.78, 5) is 13.5. The van der Waals surface area contributed by atoms with Crippen molar-refractivity contribution in [2.75, 3.05) is 5.32 Å². The van der Waals surface area contributed by atoms with Gasteiger partial charge in [-0.3, -0.25) is 4.79 Å². The minimum atomic E-state index is -3.10. The molecular formula is C22H23F3N4O2. The summed E-state index contributed by atoms with van der Waals surface area (Å²) in [5.74, 6) is -1.42. The number of halogens is 3. The van der Waals surface area contributed by atoms with E-state index < -0.39 is 18.2 Å². The molecule has 2 aromatic carbocycles. The summed E-state index contributed by atoms with van der Waals surface area (Å²) in [6.45, 7) is 3.36. The number of ether oxygens (including phenoxy) is 1. The number of nitrogens with one attached hydrogen (secondary N) is 1. The standard InChI is InChI=1S/C22H23F3N4O2/c1-22(2,3)16-7-4-14(5-8-16)11-20(30)27-19-12-26-29(28-19)13-15-6-9-18(17(23)10-15)31-21(24)25/h4-10,12,21H,11,13H2,1-3H3,(H,27,28,30). The Hall–Kier alpha value is -3.36. The SMILES string of the molecule is CC(C)(C)c1ccc(CC(=O)Nc2cnn(Cc3ccc(OC(F)F)c(F)c3)n2)cc1. The topological polar surface area (TPSA) is 69.0 Å². The number of nitrogens with zero attached hydrogens (tertiary/aromatic N) is 3. The predicted molar refractivity (Wildman–Crippen MR) is 110 cm³/mol. The average Bonchev–Trinajstić information content (AvgIpc) is 3.10. The molecule has 31 heavy (non-hydrogen) atoms. The van der Waals surface area contributed by atoms with Gasteiger partial charge < -0.3 is 10.1 Å². The van der Waals surface area contributed by atoms with E-state index in [-0.39, 0.29) is 30.1 Å². The van der Waals surface area contributed by atoms with Gasteiger partial charge in [0.1, 0.15) is 0 Å². The number of hydrogen-bond acceptors (Lipinski definition) is 4. The van der Waals surface area contributed by atoms with Crippen molar-refractivity contribution in [3.8, 4) is 5.75 Å². The molecule has 0 aliphatic carbocycles. The van der Waals surface area contributed by atoms with Gasteiger partial charge in [0.25, 0.3) is 0 Å². The van der Waals surface area contributed by atoms with Crippen LogP contribution in [0, 0.1) is 5.82 Å². The fourth-order valence-corrected chi connectivity index (χ4v) is 2.92. The largest absolute Gasteiger partial charge is 0.432 e. The van der Waals surface area contributed by atoms with Crippen LogP contribution in [-0.2, 0) is 23.2 Å². The van der Waals surface area contributed by atoms with Gasteiger partial charge in [0.15, 0.2) is 17.4 Å². The fourth-order valence-electron chi connectivity index (χ4n) is 2.92. The minimum Gasteiger partial charge on any atom is -0.432 e. The zero-order valence-electron chi connectivity index (χ0n) is 17.4. The van der Waals surface area contributed by atoms with E-state index in [1.807, 2.05) is 24.3 Å². The molecule has 9 heteroatoms. The third-order valence-corrected chi connectivity index (χ3v) is 4.52. The maximum atomic E-state index is 13.8. The number of alkyl halides is 2. The molecule has 0 aliphatic rings. The van der Waals surface area contributed by atoms with Gasteiger partial charge in [0, 0.05) is 0 Å². The van der Waals surface area contributed by atoms with E-state index >= 15 is 0 Å². The summed E-state index contributed by atoms with van der Waals surface area (Å²) in [7, 11) is 0. The molecule has 0 aliphatic heterocycles. The van der Waals surface area contributed by atoms with Crippen LogP contribution in [0.15, 0.2) is 48.7 Å². The zero-order chi connectivity index (χ0) is 22.6. The van der Waals surface area contributed by atoms with Crippen molar-refractivity contribution in [1.82, 2.24) is 15.0 Å². The molecule has 0 unspecified atom stereocenters. The highest BCUT2D eigenvalue weighted by Crippen LogP contribution is 2.23. The van der Waals surface area contributed by atoms with Gasteiger partial charge in [0.05, 0.1) is 19.2 Å². The summed E-state index contributed by atoms with van der Waals surface area (Å²) in [5.41, 5.74) is 2.55. The second-order valence-electron chi connectivity index (χ2n) is 8.08. The molecule has 3 aromatic rings. The summed E-state index contributed by atoms with van der Waals surface area (Å²) in [5, 5.41) is 10.8. The molecule has 0 spiro atoms. The number of hydrogen-bond donors (Lipinski definition) is 1. The normalized spacial score (nSPS) is 11.6. The van der Waals surface area contributed by atoms with Crippen LogP contribution < -0.4 is 10.1 Å². The summed E-state index contributed by atoms with van der Waals surface area (Å²) in [6.07, 6.45) is 1.57. The van der Waals surface area contributed by atoms with Crippen molar-refractivity contribution in [2.24, 2.45) is 0 Å². The van der Waals surface area contributed by atoms with Gasteiger partial charge in [-0.25, -0.2) is 4.39 Å². The Balaban J connectivity index is 1.57.